The molecule has 1 spiro atoms. The molecule has 10 nitrogen and oxygen atoms in total. The largest absolute Gasteiger partial charge is 0.458 e. The van der Waals surface area contributed by atoms with Gasteiger partial charge in [0, 0.05) is 45.3 Å². The zero-order valence-electron chi connectivity index (χ0n) is 26.8. The zero-order valence-corrected chi connectivity index (χ0v) is 26.8. The van der Waals surface area contributed by atoms with Crippen molar-refractivity contribution in [2.24, 2.45) is 22.7 Å². The molecule has 2 aliphatic carbocycles. The Labute approximate surface area is 255 Å². The lowest BCUT2D eigenvalue weighted by molar-refractivity contribution is -0.279. The van der Waals surface area contributed by atoms with Crippen molar-refractivity contribution in [3.63, 3.8) is 0 Å². The Kier molecular flexibility index (Phi) is 11.4. The number of hydrogen-bond acceptors (Lipinski definition) is 10. The van der Waals surface area contributed by atoms with Gasteiger partial charge in [-0.1, -0.05) is 52.0 Å². The average molecular weight is 605 g/mol. The normalized spacial score (nSPS) is 35.1. The maximum atomic E-state index is 13.1. The van der Waals surface area contributed by atoms with E-state index in [0.717, 1.165) is 5.57 Å². The fourth-order valence-electron chi connectivity index (χ4n) is 7.09. The van der Waals surface area contributed by atoms with Crippen molar-refractivity contribution in [1.29, 1.82) is 0 Å². The molecule has 2 fully saturated rings. The van der Waals surface area contributed by atoms with Gasteiger partial charge in [-0.15, -0.1) is 0 Å². The summed E-state index contributed by atoms with van der Waals surface area (Å²) >= 11 is 0. The van der Waals surface area contributed by atoms with E-state index >= 15 is 0 Å². The van der Waals surface area contributed by atoms with Crippen LogP contribution in [0.5, 0.6) is 0 Å². The second kappa shape index (κ2) is 14.2. The van der Waals surface area contributed by atoms with E-state index in [1.165, 1.54) is 13.8 Å². The number of carbonyl (C=O) groups excluding carboxylic acids is 4. The monoisotopic (exact) mass is 604 g/mol. The minimum Gasteiger partial charge on any atom is -0.458 e. The van der Waals surface area contributed by atoms with Crippen LogP contribution in [0.1, 0.15) is 87.0 Å². The highest BCUT2D eigenvalue weighted by molar-refractivity contribution is 5.71. The predicted molar refractivity (Wildman–Crippen MR) is 157 cm³/mol. The van der Waals surface area contributed by atoms with E-state index in [-0.39, 0.29) is 18.8 Å². The smallest absolute Gasteiger partial charge is 0.308 e. The Morgan fingerprint density at radius 2 is 1.60 bits per heavy atom. The minimum absolute atomic E-state index is 0.126. The van der Waals surface area contributed by atoms with Crippen LogP contribution in [0.25, 0.3) is 0 Å². The Hall–Kier alpha value is -2.98. The second-order valence-electron chi connectivity index (χ2n) is 12.2. The molecule has 1 saturated carbocycles. The van der Waals surface area contributed by atoms with Gasteiger partial charge in [0.05, 0.1) is 6.10 Å². The van der Waals surface area contributed by atoms with E-state index < -0.39 is 71.5 Å². The molecule has 0 N–H and O–H groups in total. The molecular weight excluding hydrogens is 556 g/mol. The van der Waals surface area contributed by atoms with E-state index in [4.69, 9.17) is 28.4 Å². The van der Waals surface area contributed by atoms with Gasteiger partial charge in [-0.2, -0.15) is 0 Å². The predicted octanol–water partition coefficient (Wildman–Crippen LogP) is 5.34. The molecule has 0 aromatic carbocycles. The van der Waals surface area contributed by atoms with Gasteiger partial charge in [0.1, 0.15) is 11.5 Å². The molecule has 43 heavy (non-hydrogen) atoms. The van der Waals surface area contributed by atoms with Gasteiger partial charge in [-0.25, -0.2) is 0 Å². The molecule has 3 rings (SSSR count). The molecule has 10 heteroatoms. The second-order valence-corrected chi connectivity index (χ2v) is 12.2. The standard InChI is InChI=1S/C33H48O10/c1-10-13-26(36)41-28-20(5)32(8,16-15-19(4)12-3)25-18-23(38-9)17-24-30(40-22(7)35)43-31(42-27(37)14-11-2)33(24,25)29(28)39-21(6)34/h12,15,17,20,23,25,28-31H,3,10-11,13-14,16,18H2,1-2,4-9H3. The highest BCUT2D eigenvalue weighted by atomic mass is 16.8. The summed E-state index contributed by atoms with van der Waals surface area (Å²) in [5.74, 6) is -2.89. The maximum absolute atomic E-state index is 13.1. The van der Waals surface area contributed by atoms with E-state index in [1.54, 1.807) is 19.3 Å². The summed E-state index contributed by atoms with van der Waals surface area (Å²) in [4.78, 5) is 51.3. The summed E-state index contributed by atoms with van der Waals surface area (Å²) in [6.45, 7) is 16.2. The zero-order chi connectivity index (χ0) is 32.1. The molecule has 0 bridgehead atoms. The van der Waals surface area contributed by atoms with Gasteiger partial charge < -0.3 is 23.7 Å². The summed E-state index contributed by atoms with van der Waals surface area (Å²) in [6.07, 6.45) is 3.02. The van der Waals surface area contributed by atoms with Crippen LogP contribution >= 0.6 is 0 Å². The Morgan fingerprint density at radius 1 is 1.00 bits per heavy atom. The van der Waals surface area contributed by atoms with Crippen molar-refractivity contribution in [1.82, 2.24) is 0 Å². The maximum Gasteiger partial charge on any atom is 0.308 e. The highest BCUT2D eigenvalue weighted by Crippen LogP contribution is 2.68. The SMILES string of the molecule is C=CC(C)=CCC1(C)C(C)C(OC(=O)CCC)C(OC(C)=O)C23C(=CC(OC)CC12)C(OC(C)=O)OC3OC(=O)CCC. The third-order valence-electron chi connectivity index (χ3n) is 9.37. The number of allylic oxidation sites excluding steroid dienone is 3. The van der Waals surface area contributed by atoms with Gasteiger partial charge in [0.25, 0.3) is 0 Å². The molecule has 0 aromatic rings. The van der Waals surface area contributed by atoms with Gasteiger partial charge in [-0.3, -0.25) is 23.9 Å². The number of carbonyl (C=O) groups is 4. The molecular formula is C33H48O10. The van der Waals surface area contributed by atoms with Crippen LogP contribution in [0.15, 0.2) is 36.0 Å². The Bertz CT molecular complexity index is 1140. The van der Waals surface area contributed by atoms with E-state index in [9.17, 15) is 19.2 Å². The van der Waals surface area contributed by atoms with Crippen LogP contribution in [0.2, 0.25) is 0 Å². The van der Waals surface area contributed by atoms with E-state index in [0.29, 0.717) is 31.3 Å². The first-order valence-electron chi connectivity index (χ1n) is 15.2. The number of ether oxygens (including phenoxy) is 6. The fraction of sp³-hybridized carbons (Fsp3) is 0.697. The number of rotatable bonds is 12. The van der Waals surface area contributed by atoms with Crippen LogP contribution in [0.3, 0.4) is 0 Å². The number of methoxy groups -OCH3 is 1. The summed E-state index contributed by atoms with van der Waals surface area (Å²) in [5.41, 5.74) is -0.576. The van der Waals surface area contributed by atoms with Crippen LogP contribution in [-0.2, 0) is 47.6 Å². The molecule has 240 valence electrons. The van der Waals surface area contributed by atoms with Gasteiger partial charge in [0.2, 0.25) is 12.6 Å². The lowest BCUT2D eigenvalue weighted by Gasteiger charge is -2.62. The molecule has 1 saturated heterocycles. The van der Waals surface area contributed by atoms with Crippen LogP contribution < -0.4 is 0 Å². The molecule has 0 aromatic heterocycles. The fourth-order valence-corrected chi connectivity index (χ4v) is 7.09. The molecule has 0 radical (unpaired) electrons. The van der Waals surface area contributed by atoms with Crippen molar-refractivity contribution >= 4 is 23.9 Å². The molecule has 9 atom stereocenters. The molecule has 0 amide bonds. The quantitative estimate of drug-likeness (QED) is 0.125. The van der Waals surface area contributed by atoms with Gasteiger partial charge in [-0.05, 0) is 50.0 Å². The lowest BCUT2D eigenvalue weighted by atomic mass is 9.44. The van der Waals surface area contributed by atoms with Crippen molar-refractivity contribution in [3.05, 3.63) is 36.0 Å². The highest BCUT2D eigenvalue weighted by Gasteiger charge is 2.75. The third kappa shape index (κ3) is 6.75. The van der Waals surface area contributed by atoms with Crippen molar-refractivity contribution in [2.75, 3.05) is 7.11 Å². The average Bonchev–Trinajstić information content (AvgIpc) is 3.23. The lowest BCUT2D eigenvalue weighted by Crippen LogP contribution is -2.69. The van der Waals surface area contributed by atoms with Crippen LogP contribution in [0.4, 0.5) is 0 Å². The first-order chi connectivity index (χ1) is 20.3. The third-order valence-corrected chi connectivity index (χ3v) is 9.37. The van der Waals surface area contributed by atoms with Crippen molar-refractivity contribution < 1.29 is 47.6 Å². The molecule has 1 aliphatic heterocycles. The van der Waals surface area contributed by atoms with Crippen molar-refractivity contribution in [2.45, 2.75) is 118 Å². The molecule has 3 aliphatic rings. The number of esters is 4. The first kappa shape index (κ1) is 34.5. The summed E-state index contributed by atoms with van der Waals surface area (Å²) < 4.78 is 36.2. The van der Waals surface area contributed by atoms with Gasteiger partial charge >= 0.3 is 23.9 Å². The van der Waals surface area contributed by atoms with Crippen LogP contribution in [-0.4, -0.2) is 61.9 Å². The van der Waals surface area contributed by atoms with Crippen LogP contribution in [0, 0.1) is 22.7 Å². The first-order valence-corrected chi connectivity index (χ1v) is 15.2. The Balaban J connectivity index is 2.41. The minimum atomic E-state index is -1.36. The number of hydrogen-bond donors (Lipinski definition) is 0. The summed E-state index contributed by atoms with van der Waals surface area (Å²) in [5, 5.41) is 0. The van der Waals surface area contributed by atoms with Gasteiger partial charge in [0.15, 0.2) is 6.10 Å². The van der Waals surface area contributed by atoms with E-state index in [2.05, 4.69) is 19.6 Å². The topological polar surface area (TPSA) is 124 Å². The summed E-state index contributed by atoms with van der Waals surface area (Å²) in [7, 11) is 1.59. The Morgan fingerprint density at radius 3 is 2.14 bits per heavy atom. The van der Waals surface area contributed by atoms with E-state index in [1.807, 2.05) is 27.7 Å². The van der Waals surface area contributed by atoms with Crippen molar-refractivity contribution in [3.8, 4) is 0 Å². The summed E-state index contributed by atoms with van der Waals surface area (Å²) in [6, 6.07) is 0. The molecule has 9 unspecified atom stereocenters. The molecule has 1 heterocycles.